The molecule has 0 atom stereocenters. The van der Waals surface area contributed by atoms with Crippen LogP contribution in [-0.4, -0.2) is 9.78 Å². The second-order valence-corrected chi connectivity index (χ2v) is 6.05. The Bertz CT molecular complexity index is 853. The number of nitrogens with zero attached hydrogens (tertiary/aromatic N) is 2. The maximum atomic E-state index is 4.43. The molecule has 0 spiro atoms. The lowest BCUT2D eigenvalue weighted by Crippen LogP contribution is -1.99. The number of aryl methyl sites for hydroxylation is 1. The van der Waals surface area contributed by atoms with E-state index in [9.17, 15) is 0 Å². The van der Waals surface area contributed by atoms with Crippen LogP contribution in [0.3, 0.4) is 0 Å². The lowest BCUT2D eigenvalue weighted by Gasteiger charge is -2.12. The summed E-state index contributed by atoms with van der Waals surface area (Å²) in [7, 11) is 0. The lowest BCUT2D eigenvalue weighted by atomic mass is 9.98. The zero-order valence-electron chi connectivity index (χ0n) is 12.9. The molecule has 108 valence electrons. The smallest absolute Gasteiger partial charge is 0.0726 e. The Balaban J connectivity index is 1.91. The summed E-state index contributed by atoms with van der Waals surface area (Å²) in [6, 6.07) is 15.2. The van der Waals surface area contributed by atoms with E-state index >= 15 is 0 Å². The first kappa shape index (κ1) is 13.1. The maximum absolute atomic E-state index is 4.43. The number of fused-ring (bicyclic) bond motifs is 1. The van der Waals surface area contributed by atoms with Gasteiger partial charge in [-0.1, -0.05) is 47.5 Å². The Hall–Kier alpha value is -2.61. The first-order valence-corrected chi connectivity index (χ1v) is 7.62. The van der Waals surface area contributed by atoms with Crippen molar-refractivity contribution in [3.63, 3.8) is 0 Å². The molecule has 0 unspecified atom stereocenters. The quantitative estimate of drug-likeness (QED) is 0.661. The average Bonchev–Trinajstić information content (AvgIpc) is 3.15. The molecule has 1 aliphatic carbocycles. The highest BCUT2D eigenvalue weighted by atomic mass is 15.3. The van der Waals surface area contributed by atoms with E-state index in [2.05, 4.69) is 61.4 Å². The molecule has 1 heterocycles. The molecule has 22 heavy (non-hydrogen) atoms. The predicted molar refractivity (Wildman–Crippen MR) is 91.1 cm³/mol. The van der Waals surface area contributed by atoms with Crippen LogP contribution in [0.2, 0.25) is 0 Å². The maximum Gasteiger partial charge on any atom is 0.0726 e. The summed E-state index contributed by atoms with van der Waals surface area (Å²) >= 11 is 0. The van der Waals surface area contributed by atoms with Crippen molar-refractivity contribution in [1.29, 1.82) is 0 Å². The molecular formula is C20H18N2. The highest BCUT2D eigenvalue weighted by Gasteiger charge is 2.17. The fraction of sp³-hybridized carbons (Fsp3) is 0.150. The summed E-state index contributed by atoms with van der Waals surface area (Å²) < 4.78 is 1.96. The molecule has 3 aromatic rings. The second kappa shape index (κ2) is 4.99. The van der Waals surface area contributed by atoms with E-state index in [1.54, 1.807) is 0 Å². The standard InChI is InChI=1S/C20H18N2/c1-14-4-6-16(7-5-14)17-12-18-10-15(2)11-19(18)20(13-17)22-9-3-8-21-22/h3-9,11-13H,10H2,1-2H3. The van der Waals surface area contributed by atoms with Crippen molar-refractivity contribution < 1.29 is 0 Å². The minimum Gasteiger partial charge on any atom is -0.240 e. The first-order valence-electron chi connectivity index (χ1n) is 7.62. The number of hydrogen-bond donors (Lipinski definition) is 0. The van der Waals surface area contributed by atoms with Crippen LogP contribution in [0, 0.1) is 6.92 Å². The van der Waals surface area contributed by atoms with Crippen LogP contribution < -0.4 is 0 Å². The van der Waals surface area contributed by atoms with Crippen LogP contribution in [0.5, 0.6) is 0 Å². The zero-order chi connectivity index (χ0) is 15.1. The molecule has 0 amide bonds. The van der Waals surface area contributed by atoms with Crippen LogP contribution in [0.4, 0.5) is 0 Å². The van der Waals surface area contributed by atoms with Gasteiger partial charge in [0.1, 0.15) is 0 Å². The van der Waals surface area contributed by atoms with Crippen LogP contribution >= 0.6 is 0 Å². The van der Waals surface area contributed by atoms with E-state index in [4.69, 9.17) is 0 Å². The highest BCUT2D eigenvalue weighted by molar-refractivity contribution is 5.77. The van der Waals surface area contributed by atoms with E-state index in [-0.39, 0.29) is 0 Å². The molecule has 1 aromatic heterocycles. The molecular weight excluding hydrogens is 268 g/mol. The molecule has 0 radical (unpaired) electrons. The van der Waals surface area contributed by atoms with E-state index < -0.39 is 0 Å². The fourth-order valence-corrected chi connectivity index (χ4v) is 3.12. The van der Waals surface area contributed by atoms with Gasteiger partial charge in [-0.25, -0.2) is 4.68 Å². The summed E-state index contributed by atoms with van der Waals surface area (Å²) in [5, 5.41) is 4.43. The Labute approximate surface area is 130 Å². The summed E-state index contributed by atoms with van der Waals surface area (Å²) in [5.41, 5.74) is 9.06. The van der Waals surface area contributed by atoms with Gasteiger partial charge in [0.25, 0.3) is 0 Å². The summed E-state index contributed by atoms with van der Waals surface area (Å²) in [5.74, 6) is 0. The molecule has 0 N–H and O–H groups in total. The third-order valence-electron chi connectivity index (χ3n) is 4.24. The van der Waals surface area contributed by atoms with Crippen LogP contribution in [-0.2, 0) is 6.42 Å². The molecule has 0 saturated carbocycles. The summed E-state index contributed by atoms with van der Waals surface area (Å²) in [6.45, 7) is 4.31. The van der Waals surface area contributed by atoms with Crippen molar-refractivity contribution >= 4 is 6.08 Å². The molecule has 0 saturated heterocycles. The van der Waals surface area contributed by atoms with Crippen molar-refractivity contribution in [2.75, 3.05) is 0 Å². The first-order chi connectivity index (χ1) is 10.7. The van der Waals surface area contributed by atoms with Crippen molar-refractivity contribution in [3.05, 3.63) is 77.1 Å². The van der Waals surface area contributed by atoms with E-state index in [0.717, 1.165) is 12.1 Å². The van der Waals surface area contributed by atoms with Crippen LogP contribution in [0.1, 0.15) is 23.6 Å². The molecule has 2 aromatic carbocycles. The van der Waals surface area contributed by atoms with Gasteiger partial charge in [-0.05, 0) is 49.1 Å². The Morgan fingerprint density at radius 2 is 1.82 bits per heavy atom. The fourth-order valence-electron chi connectivity index (χ4n) is 3.12. The molecule has 1 aliphatic rings. The van der Waals surface area contributed by atoms with Gasteiger partial charge in [0.05, 0.1) is 5.69 Å². The van der Waals surface area contributed by atoms with Gasteiger partial charge < -0.3 is 0 Å². The Kier molecular flexibility index (Phi) is 2.97. The van der Waals surface area contributed by atoms with Crippen molar-refractivity contribution in [2.45, 2.75) is 20.3 Å². The minimum absolute atomic E-state index is 1.03. The highest BCUT2D eigenvalue weighted by Crippen LogP contribution is 2.34. The van der Waals surface area contributed by atoms with E-state index in [0.29, 0.717) is 0 Å². The zero-order valence-corrected chi connectivity index (χ0v) is 12.9. The minimum atomic E-state index is 1.03. The van der Waals surface area contributed by atoms with Gasteiger partial charge in [-0.15, -0.1) is 0 Å². The third kappa shape index (κ3) is 2.17. The van der Waals surface area contributed by atoms with Crippen molar-refractivity contribution in [2.24, 2.45) is 0 Å². The average molecular weight is 286 g/mol. The van der Waals surface area contributed by atoms with Crippen molar-refractivity contribution in [3.8, 4) is 16.8 Å². The number of hydrogen-bond acceptors (Lipinski definition) is 1. The largest absolute Gasteiger partial charge is 0.240 e. The molecule has 0 bridgehead atoms. The second-order valence-electron chi connectivity index (χ2n) is 6.05. The van der Waals surface area contributed by atoms with E-state index in [1.807, 2.05) is 23.1 Å². The molecule has 0 fully saturated rings. The SMILES string of the molecule is CC1=Cc2c(cc(-c3ccc(C)cc3)cc2-n2cccn2)C1. The number of aromatic nitrogens is 2. The van der Waals surface area contributed by atoms with Gasteiger partial charge in [0, 0.05) is 18.0 Å². The van der Waals surface area contributed by atoms with Crippen LogP contribution in [0.15, 0.2) is 60.4 Å². The molecule has 0 aliphatic heterocycles. The van der Waals surface area contributed by atoms with Gasteiger partial charge in [0.2, 0.25) is 0 Å². The third-order valence-corrected chi connectivity index (χ3v) is 4.24. The molecule has 2 heteroatoms. The number of allylic oxidation sites excluding steroid dienone is 1. The van der Waals surface area contributed by atoms with E-state index in [1.165, 1.54) is 33.4 Å². The van der Waals surface area contributed by atoms with Gasteiger partial charge in [-0.2, -0.15) is 5.10 Å². The Morgan fingerprint density at radius 1 is 1.00 bits per heavy atom. The summed E-state index contributed by atoms with van der Waals surface area (Å²) in [4.78, 5) is 0. The predicted octanol–water partition coefficient (Wildman–Crippen LogP) is 4.81. The number of rotatable bonds is 2. The molecule has 2 nitrogen and oxygen atoms in total. The summed E-state index contributed by atoms with van der Waals surface area (Å²) in [6.07, 6.45) is 7.15. The van der Waals surface area contributed by atoms with Gasteiger partial charge in [-0.3, -0.25) is 0 Å². The monoisotopic (exact) mass is 286 g/mol. The normalized spacial score (nSPS) is 13.1. The van der Waals surface area contributed by atoms with Gasteiger partial charge >= 0.3 is 0 Å². The Morgan fingerprint density at radius 3 is 2.55 bits per heavy atom. The number of benzene rings is 2. The molecule has 4 rings (SSSR count). The lowest BCUT2D eigenvalue weighted by molar-refractivity contribution is 0.877. The van der Waals surface area contributed by atoms with Gasteiger partial charge in [0.15, 0.2) is 0 Å². The van der Waals surface area contributed by atoms with Crippen LogP contribution in [0.25, 0.3) is 22.9 Å². The topological polar surface area (TPSA) is 17.8 Å². The van der Waals surface area contributed by atoms with Crippen molar-refractivity contribution in [1.82, 2.24) is 9.78 Å².